The average molecular weight is 687 g/mol. The van der Waals surface area contributed by atoms with E-state index in [0.717, 1.165) is 39.5 Å². The number of fused-ring (bicyclic) bond motifs is 6. The molecular formula is C49H38N2S. The van der Waals surface area contributed by atoms with Crippen LogP contribution in [0.3, 0.4) is 0 Å². The first-order valence-electron chi connectivity index (χ1n) is 17.9. The topological polar surface area (TPSA) is 25.8 Å². The van der Waals surface area contributed by atoms with Crippen molar-refractivity contribution in [1.82, 2.24) is 9.97 Å². The van der Waals surface area contributed by atoms with Gasteiger partial charge in [-0.15, -0.1) is 11.3 Å². The Balaban J connectivity index is 0.00000190. The molecule has 0 spiro atoms. The number of benzene rings is 7. The second-order valence-corrected chi connectivity index (χ2v) is 13.5. The largest absolute Gasteiger partial charge is 0.228 e. The smallest absolute Gasteiger partial charge is 0.161 e. The molecule has 9 aromatic rings. The van der Waals surface area contributed by atoms with E-state index in [0.29, 0.717) is 0 Å². The molecule has 0 atom stereocenters. The molecule has 0 bridgehead atoms. The Morgan fingerprint density at radius 1 is 0.519 bits per heavy atom. The Kier molecular flexibility index (Phi) is 9.03. The van der Waals surface area contributed by atoms with E-state index in [2.05, 4.69) is 159 Å². The van der Waals surface area contributed by atoms with Crippen molar-refractivity contribution in [1.29, 1.82) is 0 Å². The number of hydrogen-bond donors (Lipinski definition) is 0. The summed E-state index contributed by atoms with van der Waals surface area (Å²) in [6.45, 7) is 10.3. The van der Waals surface area contributed by atoms with E-state index in [1.807, 2.05) is 43.4 Å². The highest BCUT2D eigenvalue weighted by molar-refractivity contribution is 7.26. The second-order valence-electron chi connectivity index (χ2n) is 12.5. The van der Waals surface area contributed by atoms with Crippen molar-refractivity contribution in [2.45, 2.75) is 20.8 Å². The van der Waals surface area contributed by atoms with Crippen LogP contribution in [0, 0.1) is 0 Å². The first-order valence-corrected chi connectivity index (χ1v) is 18.7. The molecule has 250 valence electrons. The lowest BCUT2D eigenvalue weighted by atomic mass is 9.88. The molecule has 52 heavy (non-hydrogen) atoms. The molecule has 0 saturated carbocycles. The zero-order valence-electron chi connectivity index (χ0n) is 29.6. The van der Waals surface area contributed by atoms with Crippen LogP contribution in [-0.4, -0.2) is 9.97 Å². The molecular weight excluding hydrogens is 649 g/mol. The minimum absolute atomic E-state index is 0.727. The number of aromatic nitrogens is 2. The summed E-state index contributed by atoms with van der Waals surface area (Å²) >= 11 is 1.81. The summed E-state index contributed by atoms with van der Waals surface area (Å²) in [6, 6.07) is 51.7. The molecule has 0 fully saturated rings. The first-order chi connectivity index (χ1) is 25.7. The number of thiophene rings is 1. The molecule has 9 rings (SSSR count). The molecule has 0 aliphatic heterocycles. The molecule has 2 nitrogen and oxygen atoms in total. The van der Waals surface area contributed by atoms with Crippen LogP contribution in [0.4, 0.5) is 0 Å². The third-order valence-corrected chi connectivity index (χ3v) is 10.8. The van der Waals surface area contributed by atoms with Crippen LogP contribution in [0.5, 0.6) is 0 Å². The fourth-order valence-corrected chi connectivity index (χ4v) is 8.54. The number of rotatable bonds is 6. The summed E-state index contributed by atoms with van der Waals surface area (Å²) in [5.74, 6) is 0.727. The Bertz CT molecular complexity index is 2720. The molecule has 2 aromatic heterocycles. The molecule has 0 radical (unpaired) electrons. The highest BCUT2D eigenvalue weighted by atomic mass is 32.1. The van der Waals surface area contributed by atoms with Crippen LogP contribution >= 0.6 is 11.3 Å². The van der Waals surface area contributed by atoms with Gasteiger partial charge >= 0.3 is 0 Å². The van der Waals surface area contributed by atoms with E-state index in [4.69, 9.17) is 9.97 Å². The van der Waals surface area contributed by atoms with Gasteiger partial charge in [0.05, 0.1) is 11.4 Å². The van der Waals surface area contributed by atoms with Crippen LogP contribution in [0.1, 0.15) is 31.9 Å². The van der Waals surface area contributed by atoms with E-state index in [-0.39, 0.29) is 0 Å². The normalized spacial score (nSPS) is 11.4. The van der Waals surface area contributed by atoms with Crippen molar-refractivity contribution in [3.8, 4) is 45.0 Å². The molecule has 0 aliphatic rings. The van der Waals surface area contributed by atoms with Crippen molar-refractivity contribution in [2.75, 3.05) is 0 Å². The highest BCUT2D eigenvalue weighted by Gasteiger charge is 2.20. The number of allylic oxidation sites excluding steroid dienone is 1. The lowest BCUT2D eigenvalue weighted by Gasteiger charge is -2.15. The van der Waals surface area contributed by atoms with Crippen molar-refractivity contribution < 1.29 is 0 Å². The molecule has 0 saturated heterocycles. The average Bonchev–Trinajstić information content (AvgIpc) is 3.62. The van der Waals surface area contributed by atoms with Crippen molar-refractivity contribution in [3.05, 3.63) is 169 Å². The van der Waals surface area contributed by atoms with E-state index >= 15 is 0 Å². The molecule has 0 N–H and O–H groups in total. The molecule has 2 heterocycles. The van der Waals surface area contributed by atoms with Gasteiger partial charge in [-0.25, -0.2) is 9.97 Å². The molecule has 0 aliphatic carbocycles. The van der Waals surface area contributed by atoms with Crippen molar-refractivity contribution in [3.63, 3.8) is 0 Å². The Labute approximate surface area is 309 Å². The van der Waals surface area contributed by atoms with Gasteiger partial charge in [0.1, 0.15) is 0 Å². The minimum Gasteiger partial charge on any atom is -0.228 e. The first kappa shape index (κ1) is 33.0. The van der Waals surface area contributed by atoms with Crippen LogP contribution in [0.15, 0.2) is 158 Å². The van der Waals surface area contributed by atoms with Gasteiger partial charge in [0.25, 0.3) is 0 Å². The van der Waals surface area contributed by atoms with E-state index in [1.54, 1.807) is 0 Å². The standard InChI is InChI=1S/C47H32N2S.C2H6/c1-3-15-35-33(4-2)38-25-24-32(28-41(38)37-21-12-11-20-36(35)37)34-26-27-40(46-45(34)39-22-13-14-23-44(39)50-46)47-48-42(30-16-7-5-8-17-30)29-43(49-47)31-18-9-6-10-19-31;1-2/h3-29H,2H2,1H3;1-2H3/b15-3-;. The summed E-state index contributed by atoms with van der Waals surface area (Å²) < 4.78 is 2.43. The summed E-state index contributed by atoms with van der Waals surface area (Å²) in [6.07, 6.45) is 6.30. The predicted molar refractivity (Wildman–Crippen MR) is 228 cm³/mol. The SMILES string of the molecule is C=Cc1c(/C=C\C)c2ccccc2c2cc(-c3ccc(-c4nc(-c5ccccc5)cc(-c5ccccc5)n4)c4sc5ccccc5c34)ccc12.CC. The van der Waals surface area contributed by atoms with Crippen LogP contribution < -0.4 is 0 Å². The molecule has 0 unspecified atom stereocenters. The van der Waals surface area contributed by atoms with E-state index < -0.39 is 0 Å². The Morgan fingerprint density at radius 3 is 1.75 bits per heavy atom. The lowest BCUT2D eigenvalue weighted by molar-refractivity contribution is 1.19. The number of nitrogens with zero attached hydrogens (tertiary/aromatic N) is 2. The third-order valence-electron chi connectivity index (χ3n) is 9.59. The van der Waals surface area contributed by atoms with E-state index in [1.165, 1.54) is 58.4 Å². The van der Waals surface area contributed by atoms with Gasteiger partial charge in [0, 0.05) is 36.9 Å². The zero-order valence-corrected chi connectivity index (χ0v) is 30.4. The van der Waals surface area contributed by atoms with Gasteiger partial charge in [-0.3, -0.25) is 0 Å². The maximum atomic E-state index is 5.22. The summed E-state index contributed by atoms with van der Waals surface area (Å²) in [4.78, 5) is 10.4. The van der Waals surface area contributed by atoms with Gasteiger partial charge in [-0.1, -0.05) is 160 Å². The Morgan fingerprint density at radius 2 is 1.10 bits per heavy atom. The summed E-state index contributed by atoms with van der Waals surface area (Å²) in [5.41, 5.74) is 9.74. The summed E-state index contributed by atoms with van der Waals surface area (Å²) in [7, 11) is 0. The quantitative estimate of drug-likeness (QED) is 0.163. The molecule has 7 aromatic carbocycles. The second kappa shape index (κ2) is 14.2. The van der Waals surface area contributed by atoms with Crippen LogP contribution in [0.2, 0.25) is 0 Å². The van der Waals surface area contributed by atoms with Gasteiger partial charge < -0.3 is 0 Å². The molecule has 3 heteroatoms. The summed E-state index contributed by atoms with van der Waals surface area (Å²) in [5, 5.41) is 7.38. The van der Waals surface area contributed by atoms with Gasteiger partial charge in [0.2, 0.25) is 0 Å². The Hall–Kier alpha value is -6.16. The van der Waals surface area contributed by atoms with Crippen molar-refractivity contribution in [2.24, 2.45) is 0 Å². The zero-order chi connectivity index (χ0) is 35.6. The fraction of sp³-hybridized carbons (Fsp3) is 0.0612. The van der Waals surface area contributed by atoms with Crippen LogP contribution in [-0.2, 0) is 0 Å². The maximum Gasteiger partial charge on any atom is 0.161 e. The fourth-order valence-electron chi connectivity index (χ4n) is 7.30. The maximum absolute atomic E-state index is 5.22. The monoisotopic (exact) mass is 686 g/mol. The van der Waals surface area contributed by atoms with Gasteiger partial charge in [0.15, 0.2) is 5.82 Å². The van der Waals surface area contributed by atoms with Crippen LogP contribution in [0.25, 0.3) is 98.9 Å². The third kappa shape index (κ3) is 5.70. The highest BCUT2D eigenvalue weighted by Crippen LogP contribution is 2.46. The minimum atomic E-state index is 0.727. The van der Waals surface area contributed by atoms with Gasteiger partial charge in [-0.05, 0) is 75.0 Å². The number of hydrogen-bond acceptors (Lipinski definition) is 3. The van der Waals surface area contributed by atoms with Gasteiger partial charge in [-0.2, -0.15) is 0 Å². The molecule has 0 amide bonds. The lowest BCUT2D eigenvalue weighted by Crippen LogP contribution is -1.96. The van der Waals surface area contributed by atoms with E-state index in [9.17, 15) is 0 Å². The van der Waals surface area contributed by atoms with Crippen molar-refractivity contribution >= 4 is 65.2 Å². The predicted octanol–water partition coefficient (Wildman–Crippen LogP) is 14.5.